The number of fused-ring (bicyclic) bond motifs is 2. The number of hydrogen-bond acceptors (Lipinski definition) is 2. The number of anilines is 6. The van der Waals surface area contributed by atoms with E-state index < -0.39 is 0 Å². The molecule has 0 aromatic heterocycles. The molecule has 0 atom stereocenters. The molecular weight excluding hydrogens is 629 g/mol. The lowest BCUT2D eigenvalue weighted by molar-refractivity contribution is 1.28. The SMILES string of the molecule is c1ccc(N(c2ccccc2)c2ccc(-c3ccc4cc5ccccc5cc4c3-c3ccc(N(c4ccccc4)c4ccccc4)cc3)cc2)cc1. The Morgan fingerprint density at radius 2 is 0.615 bits per heavy atom. The van der Waals surface area contributed by atoms with Gasteiger partial charge >= 0.3 is 0 Å². The molecule has 0 aliphatic heterocycles. The van der Waals surface area contributed by atoms with Crippen LogP contribution in [-0.4, -0.2) is 0 Å². The molecule has 9 rings (SSSR count). The molecule has 2 heteroatoms. The zero-order valence-electron chi connectivity index (χ0n) is 28.7. The van der Waals surface area contributed by atoms with Gasteiger partial charge in [-0.25, -0.2) is 0 Å². The number of para-hydroxylation sites is 4. The van der Waals surface area contributed by atoms with Gasteiger partial charge in [0, 0.05) is 34.1 Å². The van der Waals surface area contributed by atoms with Crippen LogP contribution in [0.1, 0.15) is 0 Å². The Morgan fingerprint density at radius 3 is 1.06 bits per heavy atom. The maximum absolute atomic E-state index is 2.36. The Balaban J connectivity index is 1.18. The van der Waals surface area contributed by atoms with Gasteiger partial charge in [-0.05, 0) is 129 Å². The Labute approximate surface area is 305 Å². The van der Waals surface area contributed by atoms with E-state index in [0.29, 0.717) is 0 Å². The molecule has 0 spiro atoms. The summed E-state index contributed by atoms with van der Waals surface area (Å²) in [4.78, 5) is 4.62. The second-order valence-corrected chi connectivity index (χ2v) is 13.0. The van der Waals surface area contributed by atoms with Crippen molar-refractivity contribution in [2.24, 2.45) is 0 Å². The molecule has 52 heavy (non-hydrogen) atoms. The van der Waals surface area contributed by atoms with E-state index in [4.69, 9.17) is 0 Å². The smallest absolute Gasteiger partial charge is 0.0462 e. The maximum atomic E-state index is 2.36. The van der Waals surface area contributed by atoms with E-state index in [1.807, 2.05) is 0 Å². The first-order chi connectivity index (χ1) is 25.8. The minimum atomic E-state index is 1.11. The van der Waals surface area contributed by atoms with Crippen molar-refractivity contribution in [3.63, 3.8) is 0 Å². The molecule has 0 heterocycles. The highest BCUT2D eigenvalue weighted by molar-refractivity contribution is 6.09. The predicted molar refractivity (Wildman–Crippen MR) is 222 cm³/mol. The van der Waals surface area contributed by atoms with Crippen LogP contribution < -0.4 is 9.80 Å². The first-order valence-electron chi connectivity index (χ1n) is 17.8. The van der Waals surface area contributed by atoms with Gasteiger partial charge in [0.1, 0.15) is 0 Å². The van der Waals surface area contributed by atoms with Gasteiger partial charge in [0.2, 0.25) is 0 Å². The van der Waals surface area contributed by atoms with Crippen LogP contribution in [0.15, 0.2) is 218 Å². The van der Waals surface area contributed by atoms with E-state index >= 15 is 0 Å². The zero-order chi connectivity index (χ0) is 34.7. The van der Waals surface area contributed by atoms with Gasteiger partial charge in [0.15, 0.2) is 0 Å². The summed E-state index contributed by atoms with van der Waals surface area (Å²) in [7, 11) is 0. The highest BCUT2D eigenvalue weighted by Crippen LogP contribution is 2.43. The average Bonchev–Trinajstić information content (AvgIpc) is 3.22. The van der Waals surface area contributed by atoms with Gasteiger partial charge in [-0.1, -0.05) is 133 Å². The molecule has 0 unspecified atom stereocenters. The summed E-state index contributed by atoms with van der Waals surface area (Å²) < 4.78 is 0. The molecule has 0 saturated carbocycles. The molecule has 0 N–H and O–H groups in total. The van der Waals surface area contributed by atoms with Crippen molar-refractivity contribution >= 4 is 55.7 Å². The van der Waals surface area contributed by atoms with Crippen LogP contribution >= 0.6 is 0 Å². The Kier molecular flexibility index (Phi) is 8.24. The molecule has 0 saturated heterocycles. The van der Waals surface area contributed by atoms with Gasteiger partial charge < -0.3 is 9.80 Å². The van der Waals surface area contributed by atoms with Crippen molar-refractivity contribution in [1.82, 2.24) is 0 Å². The molecule has 9 aromatic carbocycles. The number of benzene rings is 9. The molecule has 0 radical (unpaired) electrons. The summed E-state index contributed by atoms with van der Waals surface area (Å²) in [5.74, 6) is 0. The second-order valence-electron chi connectivity index (χ2n) is 13.0. The lowest BCUT2D eigenvalue weighted by atomic mass is 9.88. The van der Waals surface area contributed by atoms with Crippen LogP contribution in [-0.2, 0) is 0 Å². The Hall–Kier alpha value is -6.90. The van der Waals surface area contributed by atoms with E-state index in [-0.39, 0.29) is 0 Å². The quantitative estimate of drug-likeness (QED) is 0.149. The maximum Gasteiger partial charge on any atom is 0.0462 e. The van der Waals surface area contributed by atoms with Crippen LogP contribution in [0.25, 0.3) is 43.8 Å². The molecule has 9 aromatic rings. The highest BCUT2D eigenvalue weighted by atomic mass is 15.1. The van der Waals surface area contributed by atoms with Crippen LogP contribution in [0.3, 0.4) is 0 Å². The molecule has 0 fully saturated rings. The Morgan fingerprint density at radius 1 is 0.250 bits per heavy atom. The second kappa shape index (κ2) is 13.8. The molecule has 0 aliphatic carbocycles. The largest absolute Gasteiger partial charge is 0.311 e. The normalized spacial score (nSPS) is 11.1. The fourth-order valence-corrected chi connectivity index (χ4v) is 7.34. The molecule has 246 valence electrons. The third-order valence-corrected chi connectivity index (χ3v) is 9.79. The van der Waals surface area contributed by atoms with Crippen molar-refractivity contribution in [2.45, 2.75) is 0 Å². The summed E-state index contributed by atoms with van der Waals surface area (Å²) in [6.45, 7) is 0. The number of hydrogen-bond donors (Lipinski definition) is 0. The minimum absolute atomic E-state index is 1.11. The monoisotopic (exact) mass is 664 g/mol. The molecule has 0 amide bonds. The van der Waals surface area contributed by atoms with Crippen molar-refractivity contribution in [3.8, 4) is 22.3 Å². The summed E-state index contributed by atoms with van der Waals surface area (Å²) >= 11 is 0. The highest BCUT2D eigenvalue weighted by Gasteiger charge is 2.17. The van der Waals surface area contributed by atoms with Crippen molar-refractivity contribution < 1.29 is 0 Å². The van der Waals surface area contributed by atoms with Gasteiger partial charge in [-0.2, -0.15) is 0 Å². The van der Waals surface area contributed by atoms with E-state index in [0.717, 1.165) is 34.1 Å². The lowest BCUT2D eigenvalue weighted by Gasteiger charge is -2.26. The first kappa shape index (κ1) is 31.1. The average molecular weight is 665 g/mol. The van der Waals surface area contributed by atoms with Crippen LogP contribution in [0.5, 0.6) is 0 Å². The van der Waals surface area contributed by atoms with Gasteiger partial charge in [-0.15, -0.1) is 0 Å². The van der Waals surface area contributed by atoms with E-state index in [9.17, 15) is 0 Å². The van der Waals surface area contributed by atoms with Crippen molar-refractivity contribution in [3.05, 3.63) is 218 Å². The third-order valence-electron chi connectivity index (χ3n) is 9.79. The zero-order valence-corrected chi connectivity index (χ0v) is 28.7. The first-order valence-corrected chi connectivity index (χ1v) is 17.8. The fraction of sp³-hybridized carbons (Fsp3) is 0. The molecule has 0 aliphatic rings. The van der Waals surface area contributed by atoms with Gasteiger partial charge in [0.05, 0.1) is 0 Å². The molecule has 2 nitrogen and oxygen atoms in total. The predicted octanol–water partition coefficient (Wildman–Crippen LogP) is 14.3. The molecular formula is C50H36N2. The lowest BCUT2D eigenvalue weighted by Crippen LogP contribution is -2.09. The molecule has 0 bridgehead atoms. The number of rotatable bonds is 8. The van der Waals surface area contributed by atoms with Crippen molar-refractivity contribution in [1.29, 1.82) is 0 Å². The van der Waals surface area contributed by atoms with Crippen LogP contribution in [0.2, 0.25) is 0 Å². The summed E-state index contributed by atoms with van der Waals surface area (Å²) in [5.41, 5.74) is 11.5. The fourth-order valence-electron chi connectivity index (χ4n) is 7.34. The third kappa shape index (κ3) is 5.97. The van der Waals surface area contributed by atoms with Gasteiger partial charge in [-0.3, -0.25) is 0 Å². The summed E-state index contributed by atoms with van der Waals surface area (Å²) in [5, 5.41) is 4.96. The minimum Gasteiger partial charge on any atom is -0.311 e. The van der Waals surface area contributed by atoms with Crippen LogP contribution in [0.4, 0.5) is 34.1 Å². The topological polar surface area (TPSA) is 6.48 Å². The number of nitrogens with zero attached hydrogens (tertiary/aromatic N) is 2. The Bertz CT molecular complexity index is 2500. The van der Waals surface area contributed by atoms with Gasteiger partial charge in [0.25, 0.3) is 0 Å². The van der Waals surface area contributed by atoms with E-state index in [1.54, 1.807) is 0 Å². The summed E-state index contributed by atoms with van der Waals surface area (Å²) in [6.07, 6.45) is 0. The van der Waals surface area contributed by atoms with Crippen molar-refractivity contribution in [2.75, 3.05) is 9.80 Å². The standard InChI is InChI=1S/C50H36N2/c1-5-17-42(18-6-1)51(43-19-7-2-8-20-43)46-30-25-37(26-31-46)48-34-29-41-35-39-15-13-14-16-40(39)36-49(41)50(48)38-27-32-47(33-28-38)52(44-21-9-3-10-22-44)45-23-11-4-12-24-45/h1-36H. The van der Waals surface area contributed by atoms with E-state index in [2.05, 4.69) is 228 Å². The summed E-state index contributed by atoms with van der Waals surface area (Å²) in [6, 6.07) is 78.2. The van der Waals surface area contributed by atoms with E-state index in [1.165, 1.54) is 43.8 Å². The van der Waals surface area contributed by atoms with Crippen LogP contribution in [0, 0.1) is 0 Å².